The lowest BCUT2D eigenvalue weighted by Crippen LogP contribution is -2.48. The minimum Gasteiger partial charge on any atom is -0.476 e. The molecule has 0 aliphatic carbocycles. The van der Waals surface area contributed by atoms with E-state index in [4.69, 9.17) is 4.74 Å². The van der Waals surface area contributed by atoms with Crippen LogP contribution >= 0.6 is 23.1 Å². The van der Waals surface area contributed by atoms with E-state index in [1.807, 2.05) is 26.2 Å². The molecular weight excluding hydrogens is 456 g/mol. The van der Waals surface area contributed by atoms with Gasteiger partial charge in [0.25, 0.3) is 15.9 Å². The molecule has 0 bridgehead atoms. The number of sulfonamides is 1. The number of rotatable bonds is 5. The van der Waals surface area contributed by atoms with Crippen molar-refractivity contribution in [1.29, 1.82) is 0 Å². The van der Waals surface area contributed by atoms with Crippen molar-refractivity contribution in [3.05, 3.63) is 53.6 Å². The van der Waals surface area contributed by atoms with Crippen molar-refractivity contribution in [2.45, 2.75) is 29.2 Å². The second-order valence-corrected chi connectivity index (χ2v) is 10.9. The molecule has 1 aliphatic rings. The van der Waals surface area contributed by atoms with Crippen LogP contribution in [0.2, 0.25) is 0 Å². The maximum atomic E-state index is 13.5. The van der Waals surface area contributed by atoms with Crippen LogP contribution in [0.5, 0.6) is 5.75 Å². The molecule has 162 valence electrons. The Bertz CT molecular complexity index is 1230. The highest BCUT2D eigenvalue weighted by Gasteiger charge is 2.38. The quantitative estimate of drug-likeness (QED) is 0.444. The van der Waals surface area contributed by atoms with E-state index in [1.54, 1.807) is 36.4 Å². The number of hydrogen-bond acceptors (Lipinski definition) is 8. The van der Waals surface area contributed by atoms with Gasteiger partial charge in [0, 0.05) is 0 Å². The maximum Gasteiger partial charge on any atom is 0.269 e. The highest BCUT2D eigenvalue weighted by Crippen LogP contribution is 2.38. The van der Waals surface area contributed by atoms with Crippen molar-refractivity contribution < 1.29 is 17.9 Å². The largest absolute Gasteiger partial charge is 0.476 e. The van der Waals surface area contributed by atoms with Crippen LogP contribution in [0.3, 0.4) is 0 Å². The number of thioether (sulfide) groups is 1. The Labute approximate surface area is 188 Å². The van der Waals surface area contributed by atoms with Gasteiger partial charge in [-0.05, 0) is 49.9 Å². The predicted octanol–water partition coefficient (Wildman–Crippen LogP) is 3.47. The fraction of sp³-hybridized carbons (Fsp3) is 0.250. The number of fused-ring (bicyclic) bond motifs is 1. The van der Waals surface area contributed by atoms with E-state index in [2.05, 4.69) is 15.5 Å². The van der Waals surface area contributed by atoms with E-state index in [1.165, 1.54) is 27.4 Å². The summed E-state index contributed by atoms with van der Waals surface area (Å²) in [7, 11) is -3.90. The Hall–Kier alpha value is -2.63. The zero-order valence-electron chi connectivity index (χ0n) is 17.0. The van der Waals surface area contributed by atoms with Gasteiger partial charge < -0.3 is 4.74 Å². The van der Waals surface area contributed by atoms with E-state index in [9.17, 15) is 13.2 Å². The minimum absolute atomic E-state index is 0.153. The van der Waals surface area contributed by atoms with Crippen LogP contribution in [0.25, 0.3) is 0 Å². The summed E-state index contributed by atoms with van der Waals surface area (Å²) in [4.78, 5) is 13.0. The summed E-state index contributed by atoms with van der Waals surface area (Å²) in [6, 6.07) is 11.8. The zero-order chi connectivity index (χ0) is 22.2. The summed E-state index contributed by atoms with van der Waals surface area (Å²) in [5.74, 6) is -0.158. The predicted molar refractivity (Wildman–Crippen MR) is 122 cm³/mol. The fourth-order valence-corrected chi connectivity index (χ4v) is 5.73. The molecular formula is C20H20N4O4S3. The van der Waals surface area contributed by atoms with Gasteiger partial charge in [-0.25, -0.2) is 8.42 Å². The highest BCUT2D eigenvalue weighted by molar-refractivity contribution is 8.00. The van der Waals surface area contributed by atoms with Gasteiger partial charge in [-0.15, -0.1) is 10.2 Å². The lowest BCUT2D eigenvalue weighted by atomic mass is 10.1. The van der Waals surface area contributed by atoms with Gasteiger partial charge in [-0.1, -0.05) is 46.9 Å². The van der Waals surface area contributed by atoms with Gasteiger partial charge in [-0.3, -0.25) is 14.4 Å². The Morgan fingerprint density at radius 2 is 1.87 bits per heavy atom. The third-order valence-corrected chi connectivity index (χ3v) is 8.30. The van der Waals surface area contributed by atoms with Gasteiger partial charge in [-0.2, -0.15) is 0 Å². The number of carbonyl (C=O) groups excluding carboxylic acids is 1. The van der Waals surface area contributed by atoms with Crippen LogP contribution in [-0.2, 0) is 14.8 Å². The lowest BCUT2D eigenvalue weighted by Gasteiger charge is -2.34. The summed E-state index contributed by atoms with van der Waals surface area (Å²) < 4.78 is 34.7. The van der Waals surface area contributed by atoms with Crippen molar-refractivity contribution in [3.63, 3.8) is 0 Å². The molecule has 1 amide bonds. The second kappa shape index (κ2) is 8.48. The average Bonchev–Trinajstić information content (AvgIpc) is 3.20. The van der Waals surface area contributed by atoms with Crippen LogP contribution in [0.1, 0.15) is 11.1 Å². The number of nitrogens with one attached hydrogen (secondary N) is 1. The molecule has 3 aromatic rings. The molecule has 0 unspecified atom stereocenters. The van der Waals surface area contributed by atoms with E-state index < -0.39 is 22.0 Å². The number of anilines is 2. The van der Waals surface area contributed by atoms with Crippen LogP contribution in [-0.4, -0.2) is 43.4 Å². The standard InChI is InChI=1S/C20H20N4O4S3/c1-12-4-7-14(8-5-12)31(26,27)24-11-17(28-16-9-6-13(2)10-15(16)24)18(25)21-19-22-23-20(29-3)30-19/h4-10,17H,11H2,1-3H3,(H,21,22,25)/t17-/m0/s1. The molecule has 1 aromatic heterocycles. The Morgan fingerprint density at radius 1 is 1.16 bits per heavy atom. The number of aromatic nitrogens is 2. The Kier molecular flexibility index (Phi) is 5.91. The van der Waals surface area contributed by atoms with Crippen molar-refractivity contribution in [1.82, 2.24) is 10.2 Å². The normalized spacial score (nSPS) is 15.8. The topological polar surface area (TPSA) is 101 Å². The van der Waals surface area contributed by atoms with Crippen molar-refractivity contribution >= 4 is 49.8 Å². The SMILES string of the molecule is CSc1nnc(NC(=O)[C@@H]2CN(S(=O)(=O)c3ccc(C)cc3)c3cc(C)ccc3O2)s1. The first kappa shape index (κ1) is 21.6. The minimum atomic E-state index is -3.90. The first-order valence-electron chi connectivity index (χ1n) is 9.33. The summed E-state index contributed by atoms with van der Waals surface area (Å²) >= 11 is 2.66. The number of amides is 1. The average molecular weight is 477 g/mol. The summed E-state index contributed by atoms with van der Waals surface area (Å²) in [6.45, 7) is 3.60. The Balaban J connectivity index is 1.68. The molecule has 1 atom stereocenters. The molecule has 0 fully saturated rings. The molecule has 0 saturated heterocycles. The van der Waals surface area contributed by atoms with Crippen LogP contribution in [0.15, 0.2) is 51.7 Å². The molecule has 0 saturated carbocycles. The number of carbonyl (C=O) groups is 1. The van der Waals surface area contributed by atoms with E-state index in [0.717, 1.165) is 11.1 Å². The fourth-order valence-electron chi connectivity index (χ4n) is 3.09. The van der Waals surface area contributed by atoms with Crippen LogP contribution < -0.4 is 14.4 Å². The van der Waals surface area contributed by atoms with Gasteiger partial charge >= 0.3 is 0 Å². The number of hydrogen-bond donors (Lipinski definition) is 1. The first-order chi connectivity index (χ1) is 14.8. The third kappa shape index (κ3) is 4.39. The first-order valence-corrected chi connectivity index (χ1v) is 12.8. The van der Waals surface area contributed by atoms with E-state index in [-0.39, 0.29) is 11.4 Å². The lowest BCUT2D eigenvalue weighted by molar-refractivity contribution is -0.122. The van der Waals surface area contributed by atoms with Crippen molar-refractivity contribution in [3.8, 4) is 5.75 Å². The molecule has 2 heterocycles. The smallest absolute Gasteiger partial charge is 0.269 e. The van der Waals surface area contributed by atoms with Gasteiger partial charge in [0.1, 0.15) is 5.75 Å². The van der Waals surface area contributed by atoms with Crippen LogP contribution in [0, 0.1) is 13.8 Å². The summed E-state index contributed by atoms with van der Waals surface area (Å²) in [5.41, 5.74) is 2.24. The molecule has 31 heavy (non-hydrogen) atoms. The molecule has 0 radical (unpaired) electrons. The zero-order valence-corrected chi connectivity index (χ0v) is 19.5. The molecule has 1 aliphatic heterocycles. The number of benzene rings is 2. The monoisotopic (exact) mass is 476 g/mol. The summed E-state index contributed by atoms with van der Waals surface area (Å²) in [6.07, 6.45) is 0.820. The Morgan fingerprint density at radius 3 is 2.55 bits per heavy atom. The van der Waals surface area contributed by atoms with Crippen molar-refractivity contribution in [2.75, 3.05) is 22.4 Å². The van der Waals surface area contributed by atoms with Gasteiger partial charge in [0.15, 0.2) is 10.4 Å². The molecule has 0 spiro atoms. The highest BCUT2D eigenvalue weighted by atomic mass is 32.2. The maximum absolute atomic E-state index is 13.5. The number of ether oxygens (including phenoxy) is 1. The number of nitrogens with zero attached hydrogens (tertiary/aromatic N) is 3. The van der Waals surface area contributed by atoms with Gasteiger partial charge in [0.05, 0.1) is 17.1 Å². The summed E-state index contributed by atoms with van der Waals surface area (Å²) in [5, 5.41) is 10.9. The van der Waals surface area contributed by atoms with Crippen molar-refractivity contribution in [2.24, 2.45) is 0 Å². The van der Waals surface area contributed by atoms with E-state index in [0.29, 0.717) is 20.9 Å². The third-order valence-electron chi connectivity index (χ3n) is 4.70. The number of aryl methyl sites for hydroxylation is 2. The molecule has 1 N–H and O–H groups in total. The molecule has 11 heteroatoms. The van der Waals surface area contributed by atoms with Gasteiger partial charge in [0.2, 0.25) is 5.13 Å². The van der Waals surface area contributed by atoms with Crippen LogP contribution in [0.4, 0.5) is 10.8 Å². The van der Waals surface area contributed by atoms with E-state index >= 15 is 0 Å². The molecule has 4 rings (SSSR count). The second-order valence-electron chi connectivity index (χ2n) is 6.99. The molecule has 2 aromatic carbocycles. The molecule has 8 nitrogen and oxygen atoms in total.